The van der Waals surface area contributed by atoms with Gasteiger partial charge in [0.1, 0.15) is 5.82 Å². The highest BCUT2D eigenvalue weighted by Crippen LogP contribution is 2.38. The Kier molecular flexibility index (Phi) is 3.71. The van der Waals surface area contributed by atoms with Gasteiger partial charge in [-0.1, -0.05) is 6.07 Å². The highest BCUT2D eigenvalue weighted by atomic mass is 16.3. The van der Waals surface area contributed by atoms with E-state index in [0.29, 0.717) is 11.8 Å². The summed E-state index contributed by atoms with van der Waals surface area (Å²) >= 11 is 0. The number of hydrogen-bond donors (Lipinski definition) is 2. The molecule has 19 heavy (non-hydrogen) atoms. The fourth-order valence-electron chi connectivity index (χ4n) is 3.59. The molecule has 1 aromatic heterocycles. The third kappa shape index (κ3) is 2.60. The quantitative estimate of drug-likeness (QED) is 0.866. The number of aromatic nitrogens is 1. The van der Waals surface area contributed by atoms with Gasteiger partial charge in [0.15, 0.2) is 0 Å². The van der Waals surface area contributed by atoms with Crippen LogP contribution in [0.15, 0.2) is 18.3 Å². The van der Waals surface area contributed by atoms with Gasteiger partial charge in [-0.3, -0.25) is 4.90 Å². The summed E-state index contributed by atoms with van der Waals surface area (Å²) in [5.74, 6) is 2.20. The molecule has 3 atom stereocenters. The number of anilines is 1. The van der Waals surface area contributed by atoms with Crippen molar-refractivity contribution in [2.24, 2.45) is 11.8 Å². The van der Waals surface area contributed by atoms with E-state index in [0.717, 1.165) is 38.4 Å². The van der Waals surface area contributed by atoms with E-state index in [-0.39, 0.29) is 6.10 Å². The van der Waals surface area contributed by atoms with Gasteiger partial charge in [-0.05, 0) is 31.7 Å². The van der Waals surface area contributed by atoms with Gasteiger partial charge in [-0.25, -0.2) is 4.98 Å². The molecular formula is C15H23N3O. The van der Waals surface area contributed by atoms with Crippen LogP contribution in [0.1, 0.15) is 25.3 Å². The van der Waals surface area contributed by atoms with Crippen molar-refractivity contribution in [3.63, 3.8) is 0 Å². The Bertz CT molecular complexity index is 437. The lowest BCUT2D eigenvalue weighted by molar-refractivity contribution is 0.123. The monoisotopic (exact) mass is 261 g/mol. The van der Waals surface area contributed by atoms with E-state index in [1.807, 2.05) is 12.3 Å². The number of rotatable bonds is 4. The van der Waals surface area contributed by atoms with Crippen LogP contribution in [-0.4, -0.2) is 40.7 Å². The van der Waals surface area contributed by atoms with Crippen LogP contribution in [0.3, 0.4) is 0 Å². The Labute approximate surface area is 114 Å². The van der Waals surface area contributed by atoms with E-state index in [1.54, 1.807) is 0 Å². The van der Waals surface area contributed by atoms with Crippen molar-refractivity contribution in [2.75, 3.05) is 25.0 Å². The predicted octanol–water partition coefficient (Wildman–Crippen LogP) is 1.72. The summed E-state index contributed by atoms with van der Waals surface area (Å²) in [5, 5.41) is 13.3. The Morgan fingerprint density at radius 3 is 3.11 bits per heavy atom. The molecule has 0 bridgehead atoms. The van der Waals surface area contributed by atoms with Gasteiger partial charge in [-0.15, -0.1) is 0 Å². The summed E-state index contributed by atoms with van der Waals surface area (Å²) in [7, 11) is 0. The first-order valence-electron chi connectivity index (χ1n) is 7.36. The molecule has 3 unspecified atom stereocenters. The van der Waals surface area contributed by atoms with Crippen LogP contribution in [0.25, 0.3) is 0 Å². The standard InChI is InChI=1S/C15H23N3O/c1-2-16-15-12(4-3-7-17-15)9-18-8-11-5-6-14(19)13(11)10-18/h3-4,7,11,13-14,19H,2,5-6,8-10H2,1H3,(H,16,17). The van der Waals surface area contributed by atoms with E-state index in [9.17, 15) is 5.11 Å². The zero-order valence-electron chi connectivity index (χ0n) is 11.5. The van der Waals surface area contributed by atoms with Crippen molar-refractivity contribution in [2.45, 2.75) is 32.4 Å². The normalized spacial score (nSPS) is 30.5. The van der Waals surface area contributed by atoms with Crippen LogP contribution in [0.2, 0.25) is 0 Å². The maximum Gasteiger partial charge on any atom is 0.130 e. The molecule has 104 valence electrons. The van der Waals surface area contributed by atoms with Crippen LogP contribution in [-0.2, 0) is 6.54 Å². The van der Waals surface area contributed by atoms with Crippen molar-refractivity contribution in [1.82, 2.24) is 9.88 Å². The molecular weight excluding hydrogens is 238 g/mol. The fraction of sp³-hybridized carbons (Fsp3) is 0.667. The molecule has 1 aliphatic carbocycles. The van der Waals surface area contributed by atoms with Crippen LogP contribution >= 0.6 is 0 Å². The van der Waals surface area contributed by atoms with Gasteiger partial charge in [0.05, 0.1) is 6.10 Å². The smallest absolute Gasteiger partial charge is 0.130 e. The highest BCUT2D eigenvalue weighted by Gasteiger charge is 2.41. The second kappa shape index (κ2) is 5.47. The van der Waals surface area contributed by atoms with Crippen LogP contribution in [0, 0.1) is 11.8 Å². The molecule has 1 saturated heterocycles. The Morgan fingerprint density at radius 1 is 1.42 bits per heavy atom. The number of nitrogens with zero attached hydrogens (tertiary/aromatic N) is 2. The summed E-state index contributed by atoms with van der Waals surface area (Å²) in [5.41, 5.74) is 1.26. The SMILES string of the molecule is CCNc1ncccc1CN1CC2CCC(O)C2C1. The zero-order valence-corrected chi connectivity index (χ0v) is 11.5. The summed E-state index contributed by atoms with van der Waals surface area (Å²) in [4.78, 5) is 6.88. The Balaban J connectivity index is 1.66. The summed E-state index contributed by atoms with van der Waals surface area (Å²) in [6, 6.07) is 4.15. The Hall–Kier alpha value is -1.13. The number of hydrogen-bond acceptors (Lipinski definition) is 4. The minimum absolute atomic E-state index is 0.0721. The van der Waals surface area contributed by atoms with Crippen molar-refractivity contribution in [3.8, 4) is 0 Å². The van der Waals surface area contributed by atoms with Gasteiger partial charge >= 0.3 is 0 Å². The van der Waals surface area contributed by atoms with E-state index in [1.165, 1.54) is 12.0 Å². The van der Waals surface area contributed by atoms with Gasteiger partial charge in [-0.2, -0.15) is 0 Å². The molecule has 2 N–H and O–H groups in total. The number of likely N-dealkylation sites (tertiary alicyclic amines) is 1. The minimum atomic E-state index is -0.0721. The maximum absolute atomic E-state index is 9.97. The minimum Gasteiger partial charge on any atom is -0.393 e. The van der Waals surface area contributed by atoms with Crippen LogP contribution in [0.5, 0.6) is 0 Å². The molecule has 3 rings (SSSR count). The van der Waals surface area contributed by atoms with E-state index in [4.69, 9.17) is 0 Å². The molecule has 4 heteroatoms. The average Bonchev–Trinajstić information content (AvgIpc) is 2.95. The highest BCUT2D eigenvalue weighted by molar-refractivity contribution is 5.43. The third-order valence-corrected chi connectivity index (χ3v) is 4.52. The lowest BCUT2D eigenvalue weighted by Crippen LogP contribution is -2.25. The first-order chi connectivity index (χ1) is 9.28. The van der Waals surface area contributed by atoms with Crippen molar-refractivity contribution in [1.29, 1.82) is 0 Å². The van der Waals surface area contributed by atoms with Crippen LogP contribution < -0.4 is 5.32 Å². The van der Waals surface area contributed by atoms with Crippen molar-refractivity contribution < 1.29 is 5.11 Å². The van der Waals surface area contributed by atoms with E-state index in [2.05, 4.69) is 28.2 Å². The molecule has 2 fully saturated rings. The molecule has 0 amide bonds. The van der Waals surface area contributed by atoms with Crippen LogP contribution in [0.4, 0.5) is 5.82 Å². The topological polar surface area (TPSA) is 48.4 Å². The maximum atomic E-state index is 9.97. The van der Waals surface area contributed by atoms with E-state index >= 15 is 0 Å². The summed E-state index contributed by atoms with van der Waals surface area (Å²) in [6.45, 7) is 6.09. The van der Waals surface area contributed by atoms with Crippen molar-refractivity contribution in [3.05, 3.63) is 23.9 Å². The number of fused-ring (bicyclic) bond motifs is 1. The first kappa shape index (κ1) is 12.9. The van der Waals surface area contributed by atoms with Crippen molar-refractivity contribution >= 4 is 5.82 Å². The molecule has 1 saturated carbocycles. The summed E-state index contributed by atoms with van der Waals surface area (Å²) in [6.07, 6.45) is 3.95. The second-order valence-corrected chi connectivity index (χ2v) is 5.80. The molecule has 2 aliphatic rings. The largest absolute Gasteiger partial charge is 0.393 e. The van der Waals surface area contributed by atoms with Gasteiger partial charge in [0.2, 0.25) is 0 Å². The molecule has 1 aliphatic heterocycles. The predicted molar refractivity (Wildman–Crippen MR) is 75.9 cm³/mol. The molecule has 4 nitrogen and oxygen atoms in total. The average molecular weight is 261 g/mol. The number of nitrogens with one attached hydrogen (secondary N) is 1. The lowest BCUT2D eigenvalue weighted by atomic mass is 10.00. The summed E-state index contributed by atoms with van der Waals surface area (Å²) < 4.78 is 0. The molecule has 0 spiro atoms. The van der Waals surface area contributed by atoms with E-state index < -0.39 is 0 Å². The second-order valence-electron chi connectivity index (χ2n) is 5.80. The number of aliphatic hydroxyl groups is 1. The van der Waals surface area contributed by atoms with Gasteiger partial charge < -0.3 is 10.4 Å². The molecule has 1 aromatic rings. The third-order valence-electron chi connectivity index (χ3n) is 4.52. The number of pyridine rings is 1. The molecule has 2 heterocycles. The lowest BCUT2D eigenvalue weighted by Gasteiger charge is -2.19. The molecule has 0 aromatic carbocycles. The number of aliphatic hydroxyl groups excluding tert-OH is 1. The first-order valence-corrected chi connectivity index (χ1v) is 7.36. The Morgan fingerprint density at radius 2 is 2.32 bits per heavy atom. The zero-order chi connectivity index (χ0) is 13.2. The van der Waals surface area contributed by atoms with Gasteiger partial charge in [0.25, 0.3) is 0 Å². The molecule has 0 radical (unpaired) electrons. The van der Waals surface area contributed by atoms with Gasteiger partial charge in [0, 0.05) is 43.9 Å². The fourth-order valence-corrected chi connectivity index (χ4v) is 3.59.